The number of allylic oxidation sites excluding steroid dienone is 2. The number of rotatable bonds is 1. The lowest BCUT2D eigenvalue weighted by Gasteiger charge is -2.39. The summed E-state index contributed by atoms with van der Waals surface area (Å²) < 4.78 is 0. The van der Waals surface area contributed by atoms with E-state index in [1.165, 1.54) is 29.5 Å². The van der Waals surface area contributed by atoms with Crippen molar-refractivity contribution in [3.05, 3.63) is 71.3 Å². The topological polar surface area (TPSA) is 17.1 Å². The van der Waals surface area contributed by atoms with E-state index in [0.717, 1.165) is 24.8 Å². The van der Waals surface area contributed by atoms with Gasteiger partial charge in [-0.2, -0.15) is 0 Å². The maximum absolute atomic E-state index is 12.8. The van der Waals surface area contributed by atoms with Crippen LogP contribution >= 0.6 is 0 Å². The van der Waals surface area contributed by atoms with Gasteiger partial charge in [0.1, 0.15) is 0 Å². The molecule has 114 valence electrons. The predicted molar refractivity (Wildman–Crippen MR) is 92.4 cm³/mol. The van der Waals surface area contributed by atoms with E-state index in [-0.39, 0.29) is 5.41 Å². The van der Waals surface area contributed by atoms with Crippen molar-refractivity contribution < 1.29 is 4.79 Å². The van der Waals surface area contributed by atoms with E-state index < -0.39 is 0 Å². The van der Waals surface area contributed by atoms with Crippen LogP contribution in [0, 0.1) is 11.3 Å². The molecule has 1 heteroatoms. The van der Waals surface area contributed by atoms with Gasteiger partial charge in [-0.3, -0.25) is 4.79 Å². The summed E-state index contributed by atoms with van der Waals surface area (Å²) in [6.45, 7) is 0. The van der Waals surface area contributed by atoms with Crippen LogP contribution in [0.4, 0.5) is 0 Å². The van der Waals surface area contributed by atoms with Gasteiger partial charge < -0.3 is 0 Å². The van der Waals surface area contributed by atoms with Gasteiger partial charge in [0.2, 0.25) is 0 Å². The highest BCUT2D eigenvalue weighted by atomic mass is 16.1. The zero-order valence-corrected chi connectivity index (χ0v) is 13.2. The molecule has 0 heterocycles. The van der Waals surface area contributed by atoms with Crippen LogP contribution in [0.3, 0.4) is 0 Å². The molecule has 2 unspecified atom stereocenters. The molecule has 0 radical (unpaired) electrons. The Kier molecular flexibility index (Phi) is 2.70. The first-order valence-electron chi connectivity index (χ1n) is 8.63. The lowest BCUT2D eigenvalue weighted by atomic mass is 9.63. The van der Waals surface area contributed by atoms with Crippen LogP contribution in [-0.4, -0.2) is 5.78 Å². The van der Waals surface area contributed by atoms with Crippen molar-refractivity contribution in [2.24, 2.45) is 11.3 Å². The maximum atomic E-state index is 12.8. The van der Waals surface area contributed by atoms with Crippen LogP contribution in [0.25, 0.3) is 11.1 Å². The van der Waals surface area contributed by atoms with Crippen LogP contribution in [-0.2, 0) is 6.42 Å². The molecule has 3 aliphatic rings. The molecule has 0 amide bonds. The van der Waals surface area contributed by atoms with E-state index in [4.69, 9.17) is 0 Å². The van der Waals surface area contributed by atoms with E-state index in [9.17, 15) is 4.79 Å². The molecular formula is C22H20O. The molecule has 1 saturated carbocycles. The fourth-order valence-electron chi connectivity index (χ4n) is 5.09. The Morgan fingerprint density at radius 2 is 1.78 bits per heavy atom. The summed E-state index contributed by atoms with van der Waals surface area (Å²) in [4.78, 5) is 12.8. The molecule has 0 aromatic heterocycles. The fraction of sp³-hybridized carbons (Fsp3) is 0.318. The Hall–Kier alpha value is -2.15. The molecular weight excluding hydrogens is 280 g/mol. The molecule has 2 aromatic carbocycles. The highest BCUT2D eigenvalue weighted by Gasteiger charge is 2.50. The van der Waals surface area contributed by atoms with Crippen LogP contribution in [0.5, 0.6) is 0 Å². The van der Waals surface area contributed by atoms with Gasteiger partial charge >= 0.3 is 0 Å². The van der Waals surface area contributed by atoms with Crippen LogP contribution in [0.15, 0.2) is 60.2 Å². The molecule has 1 spiro atoms. The third kappa shape index (κ3) is 1.96. The number of Topliss-reactive ketones (excluding diaryl/α,β-unsaturated/α-hetero) is 1. The average Bonchev–Trinajstić information content (AvgIpc) is 3.16. The fourth-order valence-corrected chi connectivity index (χ4v) is 5.09. The van der Waals surface area contributed by atoms with Gasteiger partial charge in [0.05, 0.1) is 0 Å². The lowest BCUT2D eigenvalue weighted by molar-refractivity contribution is 0.0824. The standard InChI is InChI=1S/C22H20O/c23-21-14-22(12-15-6-8-19(22)10-15)13-18-11-17(7-9-20(18)21)16-4-2-1-3-5-16/h1-7,9,11,19H,8,10,12-14H2. The quantitative estimate of drug-likeness (QED) is 0.661. The SMILES string of the molecule is O=C1CC2(CC3=CCC2C3)Cc2cc(-c3ccccc3)ccc21. The molecule has 3 aliphatic carbocycles. The van der Waals surface area contributed by atoms with Crippen molar-refractivity contribution in [2.75, 3.05) is 0 Å². The molecule has 5 rings (SSSR count). The summed E-state index contributed by atoms with van der Waals surface area (Å²) in [7, 11) is 0. The number of ketones is 1. The van der Waals surface area contributed by atoms with Gasteiger partial charge in [-0.1, -0.05) is 60.2 Å². The highest BCUT2D eigenvalue weighted by molar-refractivity contribution is 5.99. The van der Waals surface area contributed by atoms with Crippen LogP contribution in [0.1, 0.15) is 41.6 Å². The molecule has 2 aromatic rings. The number of fused-ring (bicyclic) bond motifs is 4. The minimum atomic E-state index is 0.226. The van der Waals surface area contributed by atoms with Crippen molar-refractivity contribution in [3.8, 4) is 11.1 Å². The number of hydrogen-bond donors (Lipinski definition) is 0. The summed E-state index contributed by atoms with van der Waals surface area (Å²) >= 11 is 0. The number of carbonyl (C=O) groups is 1. The van der Waals surface area contributed by atoms with Gasteiger partial charge in [-0.05, 0) is 53.7 Å². The maximum Gasteiger partial charge on any atom is 0.163 e. The van der Waals surface area contributed by atoms with E-state index in [2.05, 4.69) is 48.5 Å². The van der Waals surface area contributed by atoms with Gasteiger partial charge in [-0.15, -0.1) is 0 Å². The number of hydrogen-bond acceptors (Lipinski definition) is 1. The summed E-state index contributed by atoms with van der Waals surface area (Å²) in [6.07, 6.45) is 7.83. The van der Waals surface area contributed by atoms with E-state index in [1.807, 2.05) is 6.07 Å². The van der Waals surface area contributed by atoms with Crippen molar-refractivity contribution >= 4 is 5.78 Å². The Balaban J connectivity index is 1.58. The summed E-state index contributed by atoms with van der Waals surface area (Å²) in [6, 6.07) is 16.9. The molecule has 23 heavy (non-hydrogen) atoms. The third-order valence-electron chi connectivity index (χ3n) is 6.21. The Labute approximate surface area is 137 Å². The molecule has 0 N–H and O–H groups in total. The predicted octanol–water partition coefficient (Wildman–Crippen LogP) is 5.21. The van der Waals surface area contributed by atoms with Crippen molar-refractivity contribution in [3.63, 3.8) is 0 Å². The van der Waals surface area contributed by atoms with Gasteiger partial charge in [-0.25, -0.2) is 0 Å². The minimum Gasteiger partial charge on any atom is -0.294 e. The van der Waals surface area contributed by atoms with Gasteiger partial charge in [0, 0.05) is 12.0 Å². The normalized spacial score (nSPS) is 28.1. The molecule has 0 aliphatic heterocycles. The second kappa shape index (κ2) is 4.67. The summed E-state index contributed by atoms with van der Waals surface area (Å²) in [5, 5.41) is 0. The van der Waals surface area contributed by atoms with Crippen LogP contribution < -0.4 is 0 Å². The molecule has 1 nitrogen and oxygen atoms in total. The van der Waals surface area contributed by atoms with Crippen molar-refractivity contribution in [1.82, 2.24) is 0 Å². The molecule has 2 atom stereocenters. The molecule has 2 bridgehead atoms. The van der Waals surface area contributed by atoms with E-state index >= 15 is 0 Å². The average molecular weight is 300 g/mol. The number of carbonyl (C=O) groups excluding carboxylic acids is 1. The van der Waals surface area contributed by atoms with Gasteiger partial charge in [0.25, 0.3) is 0 Å². The Bertz CT molecular complexity index is 830. The largest absolute Gasteiger partial charge is 0.294 e. The zero-order chi connectivity index (χ0) is 15.4. The first kappa shape index (κ1) is 13.3. The number of benzene rings is 2. The molecule has 0 saturated heterocycles. The van der Waals surface area contributed by atoms with E-state index in [0.29, 0.717) is 11.7 Å². The third-order valence-corrected chi connectivity index (χ3v) is 6.21. The monoisotopic (exact) mass is 300 g/mol. The second-order valence-corrected chi connectivity index (χ2v) is 7.55. The van der Waals surface area contributed by atoms with Crippen molar-refractivity contribution in [1.29, 1.82) is 0 Å². The molecule has 1 fully saturated rings. The minimum absolute atomic E-state index is 0.226. The summed E-state index contributed by atoms with van der Waals surface area (Å²) in [5.41, 5.74) is 6.53. The Morgan fingerprint density at radius 3 is 2.52 bits per heavy atom. The lowest BCUT2D eigenvalue weighted by Crippen LogP contribution is -2.36. The van der Waals surface area contributed by atoms with E-state index in [1.54, 1.807) is 5.57 Å². The first-order valence-corrected chi connectivity index (χ1v) is 8.63. The van der Waals surface area contributed by atoms with Crippen LogP contribution in [0.2, 0.25) is 0 Å². The zero-order valence-electron chi connectivity index (χ0n) is 13.2. The summed E-state index contributed by atoms with van der Waals surface area (Å²) in [5.74, 6) is 1.06. The Morgan fingerprint density at radius 1 is 0.913 bits per heavy atom. The van der Waals surface area contributed by atoms with Crippen molar-refractivity contribution in [2.45, 2.75) is 32.1 Å². The first-order chi connectivity index (χ1) is 11.2. The second-order valence-electron chi connectivity index (χ2n) is 7.55. The highest BCUT2D eigenvalue weighted by Crippen LogP contribution is 2.58. The van der Waals surface area contributed by atoms with Gasteiger partial charge in [0.15, 0.2) is 5.78 Å². The smallest absolute Gasteiger partial charge is 0.163 e.